The molecule has 1 aliphatic heterocycles. The predicted octanol–water partition coefficient (Wildman–Crippen LogP) is 3.56. The second kappa shape index (κ2) is 12.6. The first-order valence-electron chi connectivity index (χ1n) is 9.23. The van der Waals surface area contributed by atoms with E-state index in [9.17, 15) is 4.79 Å². The largest absolute Gasteiger partial charge is 0.399 e. The minimum atomic E-state index is 0. The van der Waals surface area contributed by atoms with Crippen molar-refractivity contribution in [1.82, 2.24) is 4.90 Å². The number of halogens is 2. The third-order valence-electron chi connectivity index (χ3n) is 4.73. The average molecular weight is 426 g/mol. The highest BCUT2D eigenvalue weighted by molar-refractivity contribution is 5.90. The number of aryl methyl sites for hydroxylation is 1. The lowest BCUT2D eigenvalue weighted by Crippen LogP contribution is -2.37. The zero-order chi connectivity index (χ0) is 18.2. The highest BCUT2D eigenvalue weighted by Gasteiger charge is 2.10. The molecule has 0 bridgehead atoms. The topological polar surface area (TPSA) is 67.6 Å². The summed E-state index contributed by atoms with van der Waals surface area (Å²) in [6.45, 7) is 4.74. The first-order chi connectivity index (χ1) is 12.7. The van der Waals surface area contributed by atoms with E-state index in [0.717, 1.165) is 56.2 Å². The zero-order valence-corrected chi connectivity index (χ0v) is 17.6. The lowest BCUT2D eigenvalue weighted by Gasteiger charge is -2.26. The molecule has 5 nitrogen and oxygen atoms in total. The van der Waals surface area contributed by atoms with Crippen molar-refractivity contribution in [2.45, 2.75) is 19.3 Å². The molecule has 0 aromatic heterocycles. The molecule has 1 heterocycles. The fraction of sp³-hybridized carbons (Fsp3) is 0.381. The molecule has 2 aromatic carbocycles. The molecule has 1 saturated heterocycles. The van der Waals surface area contributed by atoms with Crippen molar-refractivity contribution >= 4 is 42.1 Å². The van der Waals surface area contributed by atoms with Gasteiger partial charge in [0.15, 0.2) is 0 Å². The number of anilines is 2. The number of ether oxygens (including phenoxy) is 1. The van der Waals surface area contributed by atoms with E-state index in [2.05, 4.69) is 22.3 Å². The van der Waals surface area contributed by atoms with Crippen molar-refractivity contribution in [3.8, 4) is 0 Å². The van der Waals surface area contributed by atoms with Gasteiger partial charge < -0.3 is 15.8 Å². The molecule has 0 atom stereocenters. The molecule has 28 heavy (non-hydrogen) atoms. The Morgan fingerprint density at radius 1 is 1.00 bits per heavy atom. The number of morpholine rings is 1. The van der Waals surface area contributed by atoms with Crippen LogP contribution in [0.4, 0.5) is 11.4 Å². The molecule has 0 aliphatic carbocycles. The fourth-order valence-electron chi connectivity index (χ4n) is 3.10. The van der Waals surface area contributed by atoms with E-state index in [0.29, 0.717) is 12.8 Å². The molecule has 0 saturated carbocycles. The number of rotatable bonds is 7. The van der Waals surface area contributed by atoms with Crippen LogP contribution in [0.1, 0.15) is 17.5 Å². The van der Waals surface area contributed by atoms with Crippen LogP contribution in [0, 0.1) is 0 Å². The lowest BCUT2D eigenvalue weighted by molar-refractivity contribution is -0.116. The van der Waals surface area contributed by atoms with Crippen LogP contribution in [0.15, 0.2) is 48.5 Å². The minimum absolute atomic E-state index is 0. The van der Waals surface area contributed by atoms with E-state index in [4.69, 9.17) is 10.5 Å². The normalized spacial score (nSPS) is 13.9. The molecule has 1 fully saturated rings. The Bertz CT molecular complexity index is 720. The summed E-state index contributed by atoms with van der Waals surface area (Å²) in [6.07, 6.45) is 2.09. The summed E-state index contributed by atoms with van der Waals surface area (Å²) in [6, 6.07) is 15.8. The van der Waals surface area contributed by atoms with Gasteiger partial charge in [-0.25, -0.2) is 0 Å². The Morgan fingerprint density at radius 3 is 2.36 bits per heavy atom. The summed E-state index contributed by atoms with van der Waals surface area (Å²) in [5.74, 6) is 0.00863. The van der Waals surface area contributed by atoms with Gasteiger partial charge in [0, 0.05) is 37.4 Å². The molecule has 0 unspecified atom stereocenters. The average Bonchev–Trinajstić information content (AvgIpc) is 2.68. The molecular weight excluding hydrogens is 397 g/mol. The maximum Gasteiger partial charge on any atom is 0.224 e. The number of para-hydroxylation sites is 1. The molecular formula is C21H29Cl2N3O2. The lowest BCUT2D eigenvalue weighted by atomic mass is 10.1. The fourth-order valence-corrected chi connectivity index (χ4v) is 3.10. The SMILES string of the molecule is Cl.Cl.Nc1ccccc1CCC(=O)Nc1ccc(CCN2CCOCC2)cc1. The van der Waals surface area contributed by atoms with Gasteiger partial charge in [-0.15, -0.1) is 24.8 Å². The molecule has 2 aromatic rings. The van der Waals surface area contributed by atoms with E-state index in [1.165, 1.54) is 5.56 Å². The standard InChI is InChI=1S/C21H27N3O2.2ClH/c22-20-4-2-1-3-18(20)7-10-21(25)23-19-8-5-17(6-9-19)11-12-24-13-15-26-16-14-24;;/h1-6,8-9H,7,10-16,22H2,(H,23,25);2*1H. The Hall–Kier alpha value is -1.79. The summed E-state index contributed by atoms with van der Waals surface area (Å²) >= 11 is 0. The van der Waals surface area contributed by atoms with Crippen LogP contribution < -0.4 is 11.1 Å². The second-order valence-corrected chi connectivity index (χ2v) is 6.65. The number of nitrogens with one attached hydrogen (secondary N) is 1. The van der Waals surface area contributed by atoms with E-state index in [1.54, 1.807) is 0 Å². The van der Waals surface area contributed by atoms with E-state index in [1.807, 2.05) is 36.4 Å². The van der Waals surface area contributed by atoms with Crippen LogP contribution in [0.25, 0.3) is 0 Å². The maximum absolute atomic E-state index is 12.1. The predicted molar refractivity (Wildman–Crippen MR) is 120 cm³/mol. The molecule has 3 rings (SSSR count). The van der Waals surface area contributed by atoms with Gasteiger partial charge in [0.25, 0.3) is 0 Å². The van der Waals surface area contributed by atoms with Gasteiger partial charge in [0.1, 0.15) is 0 Å². The second-order valence-electron chi connectivity index (χ2n) is 6.65. The summed E-state index contributed by atoms with van der Waals surface area (Å²) in [4.78, 5) is 14.6. The number of amides is 1. The van der Waals surface area contributed by atoms with Crippen LogP contribution >= 0.6 is 24.8 Å². The monoisotopic (exact) mass is 425 g/mol. The molecule has 1 aliphatic rings. The van der Waals surface area contributed by atoms with Gasteiger partial charge in [-0.05, 0) is 42.2 Å². The quantitative estimate of drug-likeness (QED) is 0.665. The highest BCUT2D eigenvalue weighted by atomic mass is 35.5. The van der Waals surface area contributed by atoms with Crippen molar-refractivity contribution in [2.24, 2.45) is 0 Å². The van der Waals surface area contributed by atoms with Crippen LogP contribution in [0.3, 0.4) is 0 Å². The number of carbonyl (C=O) groups is 1. The number of benzene rings is 2. The maximum atomic E-state index is 12.1. The number of nitrogen functional groups attached to an aromatic ring is 1. The molecule has 0 spiro atoms. The van der Waals surface area contributed by atoms with Gasteiger partial charge >= 0.3 is 0 Å². The van der Waals surface area contributed by atoms with Crippen molar-refractivity contribution in [1.29, 1.82) is 0 Å². The van der Waals surface area contributed by atoms with Crippen LogP contribution in [-0.2, 0) is 22.4 Å². The summed E-state index contributed by atoms with van der Waals surface area (Å²) < 4.78 is 5.37. The number of nitrogens with two attached hydrogens (primary N) is 1. The van der Waals surface area contributed by atoms with Gasteiger partial charge in [-0.2, -0.15) is 0 Å². The third-order valence-corrected chi connectivity index (χ3v) is 4.73. The van der Waals surface area contributed by atoms with E-state index >= 15 is 0 Å². The Kier molecular flexibility index (Phi) is 10.9. The van der Waals surface area contributed by atoms with E-state index in [-0.39, 0.29) is 30.7 Å². The van der Waals surface area contributed by atoms with E-state index < -0.39 is 0 Å². The summed E-state index contributed by atoms with van der Waals surface area (Å²) in [5, 5.41) is 2.96. The number of carbonyl (C=O) groups excluding carboxylic acids is 1. The van der Waals surface area contributed by atoms with Gasteiger partial charge in [-0.3, -0.25) is 9.69 Å². The smallest absolute Gasteiger partial charge is 0.224 e. The first kappa shape index (κ1) is 24.2. The number of nitrogens with zero attached hydrogens (tertiary/aromatic N) is 1. The number of hydrogen-bond donors (Lipinski definition) is 2. The number of hydrogen-bond acceptors (Lipinski definition) is 4. The molecule has 154 valence electrons. The Labute approximate surface area is 179 Å². The van der Waals surface area contributed by atoms with Crippen molar-refractivity contribution in [2.75, 3.05) is 43.9 Å². The Morgan fingerprint density at radius 2 is 1.68 bits per heavy atom. The highest BCUT2D eigenvalue weighted by Crippen LogP contribution is 2.15. The van der Waals surface area contributed by atoms with Crippen molar-refractivity contribution in [3.63, 3.8) is 0 Å². The van der Waals surface area contributed by atoms with Crippen molar-refractivity contribution in [3.05, 3.63) is 59.7 Å². The molecule has 3 N–H and O–H groups in total. The third kappa shape index (κ3) is 7.68. The summed E-state index contributed by atoms with van der Waals surface area (Å²) in [7, 11) is 0. The van der Waals surface area contributed by atoms with Crippen molar-refractivity contribution < 1.29 is 9.53 Å². The van der Waals surface area contributed by atoms with Crippen LogP contribution in [0.5, 0.6) is 0 Å². The van der Waals surface area contributed by atoms with Gasteiger partial charge in [-0.1, -0.05) is 30.3 Å². The molecule has 7 heteroatoms. The zero-order valence-electron chi connectivity index (χ0n) is 15.9. The Balaban J connectivity index is 0.00000196. The minimum Gasteiger partial charge on any atom is -0.399 e. The van der Waals surface area contributed by atoms with Gasteiger partial charge in [0.05, 0.1) is 13.2 Å². The first-order valence-corrected chi connectivity index (χ1v) is 9.23. The van der Waals surface area contributed by atoms with Crippen LogP contribution in [-0.4, -0.2) is 43.7 Å². The van der Waals surface area contributed by atoms with Crippen LogP contribution in [0.2, 0.25) is 0 Å². The molecule has 0 radical (unpaired) electrons. The van der Waals surface area contributed by atoms with Gasteiger partial charge in [0.2, 0.25) is 5.91 Å². The summed E-state index contributed by atoms with van der Waals surface area (Å²) in [5.41, 5.74) is 9.79. The molecule has 1 amide bonds.